The van der Waals surface area contributed by atoms with Gasteiger partial charge in [0.25, 0.3) is 5.91 Å². The first kappa shape index (κ1) is 21.1. The van der Waals surface area contributed by atoms with Crippen molar-refractivity contribution in [3.63, 3.8) is 0 Å². The van der Waals surface area contributed by atoms with E-state index in [0.717, 1.165) is 11.4 Å². The van der Waals surface area contributed by atoms with Crippen LogP contribution in [0.4, 0.5) is 5.82 Å². The van der Waals surface area contributed by atoms with E-state index in [-0.39, 0.29) is 24.8 Å². The van der Waals surface area contributed by atoms with Gasteiger partial charge >= 0.3 is 0 Å². The van der Waals surface area contributed by atoms with Gasteiger partial charge in [-0.15, -0.1) is 0 Å². The van der Waals surface area contributed by atoms with Gasteiger partial charge in [-0.1, -0.05) is 24.3 Å². The number of rotatable bonds is 8. The first-order valence-corrected chi connectivity index (χ1v) is 11.2. The Bertz CT molecular complexity index is 913. The number of aromatic nitrogens is 1. The Kier molecular flexibility index (Phi) is 7.05. The number of nitrogens with zero attached hydrogens (tertiary/aromatic N) is 3. The molecule has 1 aliphatic heterocycles. The molecule has 8 nitrogen and oxygen atoms in total. The Hall–Kier alpha value is -2.65. The molecular formula is C20H26N4O4S. The van der Waals surface area contributed by atoms with Crippen LogP contribution in [0.1, 0.15) is 5.56 Å². The van der Waals surface area contributed by atoms with E-state index < -0.39 is 10.0 Å². The Morgan fingerprint density at radius 3 is 2.52 bits per heavy atom. The Morgan fingerprint density at radius 1 is 1.10 bits per heavy atom. The third-order valence-corrected chi connectivity index (χ3v) is 6.61. The molecule has 0 bridgehead atoms. The van der Waals surface area contributed by atoms with Crippen LogP contribution in [0.25, 0.3) is 0 Å². The number of hydrogen-bond acceptors (Lipinski definition) is 6. The Labute approximate surface area is 171 Å². The van der Waals surface area contributed by atoms with Crippen LogP contribution >= 0.6 is 0 Å². The van der Waals surface area contributed by atoms with Crippen LogP contribution in [-0.4, -0.2) is 68.7 Å². The zero-order valence-corrected chi connectivity index (χ0v) is 17.3. The molecule has 1 aromatic carbocycles. The van der Waals surface area contributed by atoms with Crippen LogP contribution < -0.4 is 15.0 Å². The lowest BCUT2D eigenvalue weighted by atomic mass is 10.2. The smallest absolute Gasteiger partial charge is 0.257 e. The van der Waals surface area contributed by atoms with Crippen molar-refractivity contribution in [1.82, 2.24) is 14.6 Å². The van der Waals surface area contributed by atoms with E-state index in [4.69, 9.17) is 4.74 Å². The quantitative estimate of drug-likeness (QED) is 0.689. The summed E-state index contributed by atoms with van der Waals surface area (Å²) in [4.78, 5) is 18.3. The van der Waals surface area contributed by atoms with Crippen molar-refractivity contribution in [2.75, 3.05) is 50.0 Å². The molecule has 2 heterocycles. The summed E-state index contributed by atoms with van der Waals surface area (Å²) in [5.74, 6) is 1.02. The van der Waals surface area contributed by atoms with Gasteiger partial charge in [0.1, 0.15) is 11.6 Å². The molecule has 0 saturated carbocycles. The number of benzene rings is 1. The van der Waals surface area contributed by atoms with Crippen molar-refractivity contribution in [2.24, 2.45) is 0 Å². The van der Waals surface area contributed by atoms with E-state index in [0.29, 0.717) is 31.9 Å². The number of aryl methyl sites for hydroxylation is 1. The van der Waals surface area contributed by atoms with Gasteiger partial charge in [-0.2, -0.15) is 4.31 Å². The molecule has 1 amide bonds. The minimum Gasteiger partial charge on any atom is -0.484 e. The number of hydrogen-bond donors (Lipinski definition) is 1. The number of sulfonamides is 1. The molecule has 1 saturated heterocycles. The molecule has 0 spiro atoms. The lowest BCUT2D eigenvalue weighted by Gasteiger charge is -2.34. The average Bonchev–Trinajstić information content (AvgIpc) is 2.74. The minimum atomic E-state index is -3.43. The third-order valence-electron chi connectivity index (χ3n) is 4.74. The fourth-order valence-electron chi connectivity index (χ4n) is 3.10. The highest BCUT2D eigenvalue weighted by molar-refractivity contribution is 7.89. The van der Waals surface area contributed by atoms with Gasteiger partial charge in [-0.25, -0.2) is 13.4 Å². The maximum absolute atomic E-state index is 12.5. The predicted octanol–water partition coefficient (Wildman–Crippen LogP) is 1.04. The number of piperazine rings is 1. The zero-order chi connectivity index (χ0) is 20.7. The van der Waals surface area contributed by atoms with E-state index in [1.807, 2.05) is 43.3 Å². The topological polar surface area (TPSA) is 91.8 Å². The summed E-state index contributed by atoms with van der Waals surface area (Å²) < 4.78 is 32.0. The van der Waals surface area contributed by atoms with Crippen molar-refractivity contribution >= 4 is 21.7 Å². The van der Waals surface area contributed by atoms with Gasteiger partial charge in [-0.05, 0) is 30.7 Å². The molecular weight excluding hydrogens is 392 g/mol. The van der Waals surface area contributed by atoms with Gasteiger partial charge < -0.3 is 15.0 Å². The van der Waals surface area contributed by atoms with Crippen molar-refractivity contribution < 1.29 is 17.9 Å². The molecule has 0 atom stereocenters. The highest BCUT2D eigenvalue weighted by atomic mass is 32.2. The predicted molar refractivity (Wildman–Crippen MR) is 111 cm³/mol. The molecule has 2 aromatic rings. The van der Waals surface area contributed by atoms with Gasteiger partial charge in [-0.3, -0.25) is 4.79 Å². The summed E-state index contributed by atoms with van der Waals surface area (Å²) in [5.41, 5.74) is 0.938. The second-order valence-corrected chi connectivity index (χ2v) is 8.88. The van der Waals surface area contributed by atoms with Crippen molar-refractivity contribution in [1.29, 1.82) is 0 Å². The lowest BCUT2D eigenvalue weighted by molar-refractivity contribution is -0.122. The minimum absolute atomic E-state index is 0.0543. The standard InChI is InChI=1S/C20H26N4O4S/c1-17-6-2-3-7-18(17)28-16-20(25)22-10-15-29(26,27)24-13-11-23(12-14-24)19-8-4-5-9-21-19/h2-9H,10-16H2,1H3,(H,22,25). The average molecular weight is 419 g/mol. The summed E-state index contributed by atoms with van der Waals surface area (Å²) in [6.07, 6.45) is 1.73. The third kappa shape index (κ3) is 5.91. The molecule has 29 heavy (non-hydrogen) atoms. The fourth-order valence-corrected chi connectivity index (χ4v) is 4.44. The fraction of sp³-hybridized carbons (Fsp3) is 0.400. The van der Waals surface area contributed by atoms with Crippen LogP contribution in [0.15, 0.2) is 48.7 Å². The number of pyridine rings is 1. The summed E-state index contributed by atoms with van der Waals surface area (Å²) >= 11 is 0. The van der Waals surface area contributed by atoms with E-state index >= 15 is 0 Å². The summed E-state index contributed by atoms with van der Waals surface area (Å²) in [6.45, 7) is 3.80. The molecule has 0 unspecified atom stereocenters. The monoisotopic (exact) mass is 418 g/mol. The molecule has 9 heteroatoms. The van der Waals surface area contributed by atoms with Crippen LogP contribution in [0.3, 0.4) is 0 Å². The van der Waals surface area contributed by atoms with Gasteiger partial charge in [0, 0.05) is 38.9 Å². The number of para-hydroxylation sites is 1. The summed E-state index contributed by atoms with van der Waals surface area (Å²) in [5, 5.41) is 2.61. The largest absolute Gasteiger partial charge is 0.484 e. The van der Waals surface area contributed by atoms with Crippen LogP contribution in [0, 0.1) is 6.92 Å². The second kappa shape index (κ2) is 9.71. The Morgan fingerprint density at radius 2 is 1.83 bits per heavy atom. The van der Waals surface area contributed by atoms with Gasteiger partial charge in [0.2, 0.25) is 10.0 Å². The van der Waals surface area contributed by atoms with Crippen LogP contribution in [0.5, 0.6) is 5.75 Å². The number of ether oxygens (including phenoxy) is 1. The van der Waals surface area contributed by atoms with Crippen molar-refractivity contribution in [3.8, 4) is 5.75 Å². The van der Waals surface area contributed by atoms with Crippen LogP contribution in [0.2, 0.25) is 0 Å². The molecule has 156 valence electrons. The van der Waals surface area contributed by atoms with E-state index in [9.17, 15) is 13.2 Å². The van der Waals surface area contributed by atoms with Crippen molar-refractivity contribution in [2.45, 2.75) is 6.92 Å². The van der Waals surface area contributed by atoms with E-state index in [1.54, 1.807) is 12.3 Å². The molecule has 0 radical (unpaired) electrons. The van der Waals surface area contributed by atoms with Gasteiger partial charge in [0.05, 0.1) is 5.75 Å². The number of anilines is 1. The highest BCUT2D eigenvalue weighted by Crippen LogP contribution is 2.16. The lowest BCUT2D eigenvalue weighted by Crippen LogP contribution is -2.50. The molecule has 1 fully saturated rings. The molecule has 1 aromatic heterocycles. The normalized spacial score (nSPS) is 15.1. The van der Waals surface area contributed by atoms with Crippen LogP contribution in [-0.2, 0) is 14.8 Å². The first-order valence-electron chi connectivity index (χ1n) is 9.54. The number of carbonyl (C=O) groups excluding carboxylic acids is 1. The molecule has 0 aliphatic carbocycles. The molecule has 3 rings (SSSR count). The SMILES string of the molecule is Cc1ccccc1OCC(=O)NCCS(=O)(=O)N1CCN(c2ccccn2)CC1. The number of nitrogens with one attached hydrogen (secondary N) is 1. The van der Waals surface area contributed by atoms with Crippen molar-refractivity contribution in [3.05, 3.63) is 54.2 Å². The number of carbonyl (C=O) groups is 1. The zero-order valence-electron chi connectivity index (χ0n) is 16.5. The highest BCUT2D eigenvalue weighted by Gasteiger charge is 2.27. The summed E-state index contributed by atoms with van der Waals surface area (Å²) in [6, 6.07) is 13.1. The number of amides is 1. The first-order chi connectivity index (χ1) is 14.0. The van der Waals surface area contributed by atoms with Gasteiger partial charge in [0.15, 0.2) is 6.61 Å². The molecule has 1 aliphatic rings. The maximum Gasteiger partial charge on any atom is 0.257 e. The maximum atomic E-state index is 12.5. The summed E-state index contributed by atoms with van der Waals surface area (Å²) in [7, 11) is -3.43. The van der Waals surface area contributed by atoms with E-state index in [1.165, 1.54) is 4.31 Å². The Balaban J connectivity index is 1.40. The van der Waals surface area contributed by atoms with E-state index in [2.05, 4.69) is 15.2 Å². The second-order valence-electron chi connectivity index (χ2n) is 6.79. The molecule has 1 N–H and O–H groups in total.